The van der Waals surface area contributed by atoms with Gasteiger partial charge in [-0.05, 0) is 18.3 Å². The van der Waals surface area contributed by atoms with E-state index >= 15 is 0 Å². The maximum Gasteiger partial charge on any atom is 0.0162 e. The molecule has 0 aliphatic carbocycles. The summed E-state index contributed by atoms with van der Waals surface area (Å²) in [4.78, 5) is 0. The van der Waals surface area contributed by atoms with Crippen molar-refractivity contribution in [1.82, 2.24) is 5.32 Å². The second kappa shape index (κ2) is 5.55. The minimum Gasteiger partial charge on any atom is -0.327 e. The van der Waals surface area contributed by atoms with Gasteiger partial charge in [-0.3, -0.25) is 0 Å². The van der Waals surface area contributed by atoms with Crippen molar-refractivity contribution < 1.29 is 0 Å². The van der Waals surface area contributed by atoms with Crippen LogP contribution in [0.25, 0.3) is 0 Å². The van der Waals surface area contributed by atoms with Gasteiger partial charge in [0.05, 0.1) is 0 Å². The molecule has 0 fully saturated rings. The SMILES string of the molecule is CCC(N)CNCC(C)(C)CC. The van der Waals surface area contributed by atoms with E-state index in [2.05, 4.69) is 33.0 Å². The van der Waals surface area contributed by atoms with Crippen LogP contribution in [-0.4, -0.2) is 19.1 Å². The minimum atomic E-state index is 0.317. The van der Waals surface area contributed by atoms with Gasteiger partial charge in [-0.25, -0.2) is 0 Å². The van der Waals surface area contributed by atoms with Crippen molar-refractivity contribution in [2.45, 2.75) is 46.6 Å². The maximum absolute atomic E-state index is 5.78. The molecule has 3 N–H and O–H groups in total. The van der Waals surface area contributed by atoms with E-state index in [9.17, 15) is 0 Å². The Labute approximate surface area is 76.9 Å². The Morgan fingerprint density at radius 1 is 1.33 bits per heavy atom. The van der Waals surface area contributed by atoms with Crippen LogP contribution in [0.4, 0.5) is 0 Å². The van der Waals surface area contributed by atoms with Crippen molar-refractivity contribution in [3.8, 4) is 0 Å². The molecule has 0 aliphatic heterocycles. The van der Waals surface area contributed by atoms with Crippen molar-refractivity contribution in [2.75, 3.05) is 13.1 Å². The number of rotatable bonds is 6. The molecule has 1 unspecified atom stereocenters. The summed E-state index contributed by atoms with van der Waals surface area (Å²) in [5, 5.41) is 3.40. The largest absolute Gasteiger partial charge is 0.327 e. The van der Waals surface area contributed by atoms with Crippen LogP contribution >= 0.6 is 0 Å². The second-order valence-electron chi connectivity index (χ2n) is 4.32. The topological polar surface area (TPSA) is 38.0 Å². The molecule has 0 spiro atoms. The highest BCUT2D eigenvalue weighted by molar-refractivity contribution is 4.71. The van der Waals surface area contributed by atoms with E-state index in [1.54, 1.807) is 0 Å². The fraction of sp³-hybridized carbons (Fsp3) is 1.00. The summed E-state index contributed by atoms with van der Waals surface area (Å²) in [6.45, 7) is 10.9. The summed E-state index contributed by atoms with van der Waals surface area (Å²) in [5.74, 6) is 0. The van der Waals surface area contributed by atoms with Gasteiger partial charge in [0.2, 0.25) is 0 Å². The molecular formula is C10H24N2. The van der Waals surface area contributed by atoms with Gasteiger partial charge in [-0.2, -0.15) is 0 Å². The van der Waals surface area contributed by atoms with Gasteiger partial charge in [0, 0.05) is 19.1 Å². The lowest BCUT2D eigenvalue weighted by atomic mass is 9.90. The Morgan fingerprint density at radius 2 is 1.92 bits per heavy atom. The van der Waals surface area contributed by atoms with Gasteiger partial charge in [0.15, 0.2) is 0 Å². The Balaban J connectivity index is 3.42. The molecule has 2 heteroatoms. The molecule has 0 aromatic rings. The normalized spacial score (nSPS) is 14.8. The number of nitrogens with one attached hydrogen (secondary N) is 1. The average molecular weight is 172 g/mol. The van der Waals surface area contributed by atoms with Gasteiger partial charge in [0.1, 0.15) is 0 Å². The highest BCUT2D eigenvalue weighted by atomic mass is 14.9. The molecule has 12 heavy (non-hydrogen) atoms. The summed E-state index contributed by atoms with van der Waals surface area (Å²) in [5.41, 5.74) is 6.19. The third-order valence-corrected chi connectivity index (χ3v) is 2.49. The standard InChI is InChI=1S/C10H24N2/c1-5-9(11)7-12-8-10(3,4)6-2/h9,12H,5-8,11H2,1-4H3. The third kappa shape index (κ3) is 5.56. The second-order valence-corrected chi connectivity index (χ2v) is 4.32. The van der Waals surface area contributed by atoms with Crippen LogP contribution in [0.15, 0.2) is 0 Å². The van der Waals surface area contributed by atoms with Crippen LogP contribution in [0.5, 0.6) is 0 Å². The first-order valence-electron chi connectivity index (χ1n) is 4.98. The van der Waals surface area contributed by atoms with Crippen LogP contribution in [0, 0.1) is 5.41 Å². The zero-order chi connectivity index (χ0) is 9.61. The number of hydrogen-bond donors (Lipinski definition) is 2. The molecular weight excluding hydrogens is 148 g/mol. The molecule has 0 aromatic heterocycles. The maximum atomic E-state index is 5.78. The smallest absolute Gasteiger partial charge is 0.0162 e. The van der Waals surface area contributed by atoms with E-state index in [1.165, 1.54) is 6.42 Å². The molecule has 0 saturated carbocycles. The fourth-order valence-electron chi connectivity index (χ4n) is 0.865. The minimum absolute atomic E-state index is 0.317. The highest BCUT2D eigenvalue weighted by Gasteiger charge is 2.14. The van der Waals surface area contributed by atoms with Crippen molar-refractivity contribution in [3.05, 3.63) is 0 Å². The summed E-state index contributed by atoms with van der Waals surface area (Å²) < 4.78 is 0. The molecule has 0 saturated heterocycles. The quantitative estimate of drug-likeness (QED) is 0.640. The third-order valence-electron chi connectivity index (χ3n) is 2.49. The summed E-state index contributed by atoms with van der Waals surface area (Å²) in [6, 6.07) is 0.317. The summed E-state index contributed by atoms with van der Waals surface area (Å²) in [6.07, 6.45) is 2.26. The molecule has 0 aliphatic rings. The van der Waals surface area contributed by atoms with Crippen LogP contribution in [0.2, 0.25) is 0 Å². The zero-order valence-corrected chi connectivity index (χ0v) is 8.98. The average Bonchev–Trinajstić information content (AvgIpc) is 2.04. The summed E-state index contributed by atoms with van der Waals surface area (Å²) >= 11 is 0. The molecule has 2 nitrogen and oxygen atoms in total. The van der Waals surface area contributed by atoms with E-state index in [-0.39, 0.29) is 0 Å². The monoisotopic (exact) mass is 172 g/mol. The van der Waals surface area contributed by atoms with Crippen molar-refractivity contribution >= 4 is 0 Å². The molecule has 0 radical (unpaired) electrons. The van der Waals surface area contributed by atoms with Gasteiger partial charge in [-0.15, -0.1) is 0 Å². The Hall–Kier alpha value is -0.0800. The first-order chi connectivity index (χ1) is 5.52. The van der Waals surface area contributed by atoms with Gasteiger partial charge in [0.25, 0.3) is 0 Å². The Bertz CT molecular complexity index is 110. The molecule has 74 valence electrons. The van der Waals surface area contributed by atoms with Crippen molar-refractivity contribution in [3.63, 3.8) is 0 Å². The predicted octanol–water partition coefficient (Wildman–Crippen LogP) is 1.75. The number of hydrogen-bond acceptors (Lipinski definition) is 2. The summed E-state index contributed by atoms with van der Waals surface area (Å²) in [7, 11) is 0. The zero-order valence-electron chi connectivity index (χ0n) is 8.98. The Kier molecular flexibility index (Phi) is 5.51. The molecule has 0 heterocycles. The van der Waals surface area contributed by atoms with Crippen LogP contribution in [-0.2, 0) is 0 Å². The molecule has 0 amide bonds. The first-order valence-corrected chi connectivity index (χ1v) is 4.98. The fourth-order valence-corrected chi connectivity index (χ4v) is 0.865. The number of nitrogens with two attached hydrogens (primary N) is 1. The van der Waals surface area contributed by atoms with Gasteiger partial charge < -0.3 is 11.1 Å². The molecule has 0 bridgehead atoms. The van der Waals surface area contributed by atoms with Crippen LogP contribution < -0.4 is 11.1 Å². The lowest BCUT2D eigenvalue weighted by Gasteiger charge is -2.23. The Morgan fingerprint density at radius 3 is 2.33 bits per heavy atom. The van der Waals surface area contributed by atoms with Gasteiger partial charge in [-0.1, -0.05) is 27.7 Å². The molecule has 1 atom stereocenters. The van der Waals surface area contributed by atoms with E-state index in [0.717, 1.165) is 19.5 Å². The lowest BCUT2D eigenvalue weighted by Crippen LogP contribution is -2.38. The first kappa shape index (κ1) is 11.9. The van der Waals surface area contributed by atoms with E-state index in [0.29, 0.717) is 11.5 Å². The van der Waals surface area contributed by atoms with Crippen LogP contribution in [0.1, 0.15) is 40.5 Å². The van der Waals surface area contributed by atoms with Crippen molar-refractivity contribution in [2.24, 2.45) is 11.1 Å². The van der Waals surface area contributed by atoms with Crippen LogP contribution in [0.3, 0.4) is 0 Å². The highest BCUT2D eigenvalue weighted by Crippen LogP contribution is 2.17. The van der Waals surface area contributed by atoms with Crippen molar-refractivity contribution in [1.29, 1.82) is 0 Å². The lowest BCUT2D eigenvalue weighted by molar-refractivity contribution is 0.324. The molecule has 0 rings (SSSR count). The predicted molar refractivity (Wildman–Crippen MR) is 55.2 cm³/mol. The molecule has 0 aromatic carbocycles. The van der Waals surface area contributed by atoms with E-state index in [1.807, 2.05) is 0 Å². The van der Waals surface area contributed by atoms with E-state index in [4.69, 9.17) is 5.73 Å². The van der Waals surface area contributed by atoms with E-state index < -0.39 is 0 Å². The van der Waals surface area contributed by atoms with Gasteiger partial charge >= 0.3 is 0 Å².